The Bertz CT molecular complexity index is 848. The van der Waals surface area contributed by atoms with Crippen LogP contribution in [0.15, 0.2) is 42.5 Å². The van der Waals surface area contributed by atoms with Gasteiger partial charge >= 0.3 is 12.2 Å². The van der Waals surface area contributed by atoms with E-state index in [-0.39, 0.29) is 5.69 Å². The first kappa shape index (κ1) is 20.9. The number of hydrogen-bond donors (Lipinski definition) is 1. The normalized spacial score (nSPS) is 15.3. The fourth-order valence-electron chi connectivity index (χ4n) is 3.12. The Morgan fingerprint density at radius 2 is 1.72 bits per heavy atom. The number of rotatable bonds is 4. The van der Waals surface area contributed by atoms with Gasteiger partial charge in [0.05, 0.1) is 12.7 Å². The highest BCUT2D eigenvalue weighted by molar-refractivity contribution is 5.89. The lowest BCUT2D eigenvalue weighted by Gasteiger charge is -2.34. The molecule has 9 heteroatoms. The number of piperazine rings is 1. The number of benzene rings is 2. The summed E-state index contributed by atoms with van der Waals surface area (Å²) in [4.78, 5) is 16.1. The van der Waals surface area contributed by atoms with Gasteiger partial charge < -0.3 is 15.0 Å². The van der Waals surface area contributed by atoms with Crippen LogP contribution in [0.1, 0.15) is 11.1 Å². The highest BCUT2D eigenvalue weighted by atomic mass is 19.4. The summed E-state index contributed by atoms with van der Waals surface area (Å²) in [7, 11) is 1.61. The third-order valence-corrected chi connectivity index (χ3v) is 4.75. The van der Waals surface area contributed by atoms with E-state index >= 15 is 0 Å². The number of halogens is 4. The molecule has 0 atom stereocenters. The van der Waals surface area contributed by atoms with Gasteiger partial charge in [0.1, 0.15) is 11.6 Å². The van der Waals surface area contributed by atoms with E-state index in [0.717, 1.165) is 23.9 Å². The largest absolute Gasteiger partial charge is 0.497 e. The first-order chi connectivity index (χ1) is 13.8. The highest BCUT2D eigenvalue weighted by Crippen LogP contribution is 2.33. The van der Waals surface area contributed by atoms with Gasteiger partial charge in [-0.15, -0.1) is 0 Å². The number of anilines is 1. The van der Waals surface area contributed by atoms with Crippen molar-refractivity contribution in [3.63, 3.8) is 0 Å². The average molecular weight is 411 g/mol. The fraction of sp³-hybridized carbons (Fsp3) is 0.350. The molecule has 0 bridgehead atoms. The summed E-state index contributed by atoms with van der Waals surface area (Å²) in [5.41, 5.74) is -0.376. The molecule has 0 aliphatic carbocycles. The van der Waals surface area contributed by atoms with Crippen molar-refractivity contribution in [1.29, 1.82) is 0 Å². The number of amides is 2. The molecule has 5 nitrogen and oxygen atoms in total. The molecule has 1 saturated heterocycles. The zero-order chi connectivity index (χ0) is 21.0. The van der Waals surface area contributed by atoms with Crippen molar-refractivity contribution >= 4 is 11.7 Å². The summed E-state index contributed by atoms with van der Waals surface area (Å²) in [6, 6.07) is 9.64. The highest BCUT2D eigenvalue weighted by Gasteiger charge is 2.34. The van der Waals surface area contributed by atoms with Crippen LogP contribution < -0.4 is 10.1 Å². The van der Waals surface area contributed by atoms with Crippen molar-refractivity contribution in [3.05, 3.63) is 59.4 Å². The molecule has 0 aromatic heterocycles. The number of carbonyl (C=O) groups excluding carboxylic acids is 1. The molecule has 2 aromatic rings. The minimum atomic E-state index is -4.82. The van der Waals surface area contributed by atoms with Gasteiger partial charge in [-0.05, 0) is 35.9 Å². The van der Waals surface area contributed by atoms with Crippen LogP contribution in [0.5, 0.6) is 5.75 Å². The van der Waals surface area contributed by atoms with Crippen molar-refractivity contribution in [3.8, 4) is 5.75 Å². The van der Waals surface area contributed by atoms with Crippen molar-refractivity contribution < 1.29 is 27.1 Å². The van der Waals surface area contributed by atoms with Gasteiger partial charge in [0, 0.05) is 38.4 Å². The molecule has 0 spiro atoms. The predicted octanol–water partition coefficient (Wildman–Crippen LogP) is 4.20. The van der Waals surface area contributed by atoms with Crippen LogP contribution in [0, 0.1) is 5.82 Å². The topological polar surface area (TPSA) is 44.8 Å². The van der Waals surface area contributed by atoms with Gasteiger partial charge in [0.25, 0.3) is 0 Å². The Morgan fingerprint density at radius 1 is 1.07 bits per heavy atom. The molecule has 0 saturated carbocycles. The molecule has 156 valence electrons. The van der Waals surface area contributed by atoms with Gasteiger partial charge in [0.2, 0.25) is 0 Å². The lowest BCUT2D eigenvalue weighted by molar-refractivity contribution is -0.139. The first-order valence-electron chi connectivity index (χ1n) is 9.04. The maximum atomic E-state index is 13.4. The average Bonchev–Trinajstić information content (AvgIpc) is 2.69. The van der Waals surface area contributed by atoms with E-state index in [1.54, 1.807) is 7.11 Å². The lowest BCUT2D eigenvalue weighted by Crippen LogP contribution is -2.49. The third-order valence-electron chi connectivity index (χ3n) is 4.75. The predicted molar refractivity (Wildman–Crippen MR) is 100 cm³/mol. The summed E-state index contributed by atoms with van der Waals surface area (Å²) < 4.78 is 56.9. The number of alkyl halides is 3. The van der Waals surface area contributed by atoms with Crippen LogP contribution in [0.25, 0.3) is 0 Å². The van der Waals surface area contributed by atoms with E-state index in [9.17, 15) is 22.4 Å². The van der Waals surface area contributed by atoms with Crippen molar-refractivity contribution in [1.82, 2.24) is 9.80 Å². The summed E-state index contributed by atoms with van der Waals surface area (Å²) in [5.74, 6) is -0.590. The molecule has 2 aromatic carbocycles. The van der Waals surface area contributed by atoms with Crippen LogP contribution in [-0.2, 0) is 12.7 Å². The van der Waals surface area contributed by atoms with Crippen LogP contribution >= 0.6 is 0 Å². The summed E-state index contributed by atoms with van der Waals surface area (Å²) in [6.07, 6.45) is -4.82. The Morgan fingerprint density at radius 3 is 2.31 bits per heavy atom. The minimum absolute atomic E-state index is 0.0932. The summed E-state index contributed by atoms with van der Waals surface area (Å²) in [5, 5.41) is 2.42. The van der Waals surface area contributed by atoms with Gasteiger partial charge in [-0.1, -0.05) is 12.1 Å². The standard InChI is InChI=1S/C20H21F4N3O2/c1-29-16-5-2-14(3-6-16)13-26-8-10-27(11-9-26)19(28)25-15-4-7-18(21)17(12-15)20(22,23)24/h2-7,12H,8-11,13H2,1H3,(H,25,28). The SMILES string of the molecule is COc1ccc(CN2CCN(C(=O)Nc3ccc(F)c(C(F)(F)F)c3)CC2)cc1. The molecule has 0 radical (unpaired) electrons. The number of nitrogens with zero attached hydrogens (tertiary/aromatic N) is 2. The second-order valence-electron chi connectivity index (χ2n) is 6.73. The maximum absolute atomic E-state index is 13.4. The van der Waals surface area contributed by atoms with Gasteiger partial charge in [-0.2, -0.15) is 13.2 Å². The zero-order valence-corrected chi connectivity index (χ0v) is 15.8. The van der Waals surface area contributed by atoms with E-state index in [0.29, 0.717) is 38.3 Å². The van der Waals surface area contributed by atoms with Crippen molar-refractivity contribution in [2.75, 3.05) is 38.6 Å². The van der Waals surface area contributed by atoms with Crippen LogP contribution in [0.2, 0.25) is 0 Å². The summed E-state index contributed by atoms with van der Waals surface area (Å²) in [6.45, 7) is 2.88. The smallest absolute Gasteiger partial charge is 0.419 e. The molecule has 3 rings (SSSR count). The quantitative estimate of drug-likeness (QED) is 0.767. The molecule has 0 unspecified atom stereocenters. The monoisotopic (exact) mass is 411 g/mol. The second kappa shape index (κ2) is 8.69. The fourth-order valence-corrected chi connectivity index (χ4v) is 3.12. The van der Waals surface area contributed by atoms with E-state index in [4.69, 9.17) is 4.74 Å². The van der Waals surface area contributed by atoms with E-state index in [2.05, 4.69) is 10.2 Å². The van der Waals surface area contributed by atoms with Crippen LogP contribution in [0.3, 0.4) is 0 Å². The molecule has 2 amide bonds. The van der Waals surface area contributed by atoms with Gasteiger partial charge in [0.15, 0.2) is 0 Å². The summed E-state index contributed by atoms with van der Waals surface area (Å²) >= 11 is 0. The lowest BCUT2D eigenvalue weighted by atomic mass is 10.2. The molecule has 1 aliphatic heterocycles. The molecule has 1 aliphatic rings. The molecular formula is C20H21F4N3O2. The third kappa shape index (κ3) is 5.38. The number of carbonyl (C=O) groups is 1. The number of nitrogens with one attached hydrogen (secondary N) is 1. The van der Waals surface area contributed by atoms with E-state index in [1.165, 1.54) is 4.90 Å². The molecule has 29 heavy (non-hydrogen) atoms. The number of hydrogen-bond acceptors (Lipinski definition) is 3. The van der Waals surface area contributed by atoms with Gasteiger partial charge in [-0.25, -0.2) is 9.18 Å². The van der Waals surface area contributed by atoms with Gasteiger partial charge in [-0.3, -0.25) is 4.90 Å². The number of urea groups is 1. The number of ether oxygens (including phenoxy) is 1. The van der Waals surface area contributed by atoms with Crippen molar-refractivity contribution in [2.24, 2.45) is 0 Å². The Kier molecular flexibility index (Phi) is 6.26. The minimum Gasteiger partial charge on any atom is -0.497 e. The van der Waals surface area contributed by atoms with Crippen LogP contribution in [-0.4, -0.2) is 49.1 Å². The maximum Gasteiger partial charge on any atom is 0.419 e. The zero-order valence-electron chi connectivity index (χ0n) is 15.8. The van der Waals surface area contributed by atoms with E-state index < -0.39 is 23.6 Å². The molecule has 1 N–H and O–H groups in total. The second-order valence-corrected chi connectivity index (χ2v) is 6.73. The van der Waals surface area contributed by atoms with Crippen molar-refractivity contribution in [2.45, 2.75) is 12.7 Å². The Hall–Kier alpha value is -2.81. The van der Waals surface area contributed by atoms with E-state index in [1.807, 2.05) is 24.3 Å². The molecule has 1 heterocycles. The molecule has 1 fully saturated rings. The first-order valence-corrected chi connectivity index (χ1v) is 9.04. The number of methoxy groups -OCH3 is 1. The molecular weight excluding hydrogens is 390 g/mol. The Labute approximate surface area is 165 Å². The Balaban J connectivity index is 1.53. The van der Waals surface area contributed by atoms with Crippen LogP contribution in [0.4, 0.5) is 28.0 Å².